The predicted octanol–water partition coefficient (Wildman–Crippen LogP) is 4.53. The van der Waals surface area contributed by atoms with Crippen LogP contribution in [0.4, 0.5) is 0 Å². The summed E-state index contributed by atoms with van der Waals surface area (Å²) in [5, 5.41) is 4.78. The first-order valence-corrected chi connectivity index (χ1v) is 9.32. The summed E-state index contributed by atoms with van der Waals surface area (Å²) in [5.41, 5.74) is 6.87. The van der Waals surface area contributed by atoms with Crippen molar-refractivity contribution in [2.75, 3.05) is 14.2 Å². The van der Waals surface area contributed by atoms with Gasteiger partial charge >= 0.3 is 0 Å². The Hall–Kier alpha value is -3.25. The highest BCUT2D eigenvalue weighted by atomic mass is 35.5. The molecule has 7 heteroatoms. The Morgan fingerprint density at radius 2 is 1.83 bits per heavy atom. The molecule has 1 heterocycles. The third-order valence-electron chi connectivity index (χ3n) is 4.55. The largest absolute Gasteiger partial charge is 0.493 e. The van der Waals surface area contributed by atoms with Crippen molar-refractivity contribution in [1.82, 2.24) is 9.99 Å². The Bertz CT molecular complexity index is 1070. The van der Waals surface area contributed by atoms with Gasteiger partial charge in [0, 0.05) is 33.2 Å². The molecule has 1 amide bonds. The van der Waals surface area contributed by atoms with Gasteiger partial charge in [0.05, 0.1) is 20.4 Å². The number of ether oxygens (including phenoxy) is 2. The molecule has 0 fully saturated rings. The molecule has 2 aromatic carbocycles. The summed E-state index contributed by atoms with van der Waals surface area (Å²) in [6.07, 6.45) is 1.63. The van der Waals surface area contributed by atoms with E-state index >= 15 is 0 Å². The number of halogens is 1. The number of hydrazone groups is 1. The fourth-order valence-electron chi connectivity index (χ4n) is 3.13. The summed E-state index contributed by atoms with van der Waals surface area (Å²) in [6, 6.07) is 14.6. The van der Waals surface area contributed by atoms with Gasteiger partial charge in [0.1, 0.15) is 0 Å². The van der Waals surface area contributed by atoms with Crippen LogP contribution in [0.1, 0.15) is 27.3 Å². The second-order valence-electron chi connectivity index (χ2n) is 6.41. The Balaban J connectivity index is 1.77. The number of carbonyl (C=O) groups excluding carboxylic acids is 1. The molecule has 0 aliphatic heterocycles. The van der Waals surface area contributed by atoms with Crippen molar-refractivity contribution in [2.45, 2.75) is 13.8 Å². The first kappa shape index (κ1) is 20.5. The molecule has 0 atom stereocenters. The summed E-state index contributed by atoms with van der Waals surface area (Å²) in [6.45, 7) is 4.00. The van der Waals surface area contributed by atoms with Crippen LogP contribution in [0.2, 0.25) is 5.02 Å². The van der Waals surface area contributed by atoms with Gasteiger partial charge in [-0.2, -0.15) is 5.10 Å². The molecular weight excluding hydrogens is 390 g/mol. The van der Waals surface area contributed by atoms with Crippen LogP contribution in [0.15, 0.2) is 53.6 Å². The zero-order valence-corrected chi connectivity index (χ0v) is 17.4. The molecule has 0 saturated carbocycles. The van der Waals surface area contributed by atoms with Gasteiger partial charge in [0.15, 0.2) is 11.5 Å². The van der Waals surface area contributed by atoms with Crippen LogP contribution in [0.3, 0.4) is 0 Å². The lowest BCUT2D eigenvalue weighted by Crippen LogP contribution is -2.17. The maximum Gasteiger partial charge on any atom is 0.271 e. The maximum absolute atomic E-state index is 12.4. The van der Waals surface area contributed by atoms with Gasteiger partial charge < -0.3 is 14.0 Å². The highest BCUT2D eigenvalue weighted by molar-refractivity contribution is 6.30. The molecule has 0 saturated heterocycles. The summed E-state index contributed by atoms with van der Waals surface area (Å²) in [7, 11) is 3.06. The number of nitrogens with zero attached hydrogens (tertiary/aromatic N) is 2. The molecule has 0 spiro atoms. The second-order valence-corrected chi connectivity index (χ2v) is 6.85. The highest BCUT2D eigenvalue weighted by Crippen LogP contribution is 2.27. The smallest absolute Gasteiger partial charge is 0.271 e. The molecular formula is C22H22ClN3O3. The number of hydrogen-bond acceptors (Lipinski definition) is 4. The molecule has 29 heavy (non-hydrogen) atoms. The van der Waals surface area contributed by atoms with Gasteiger partial charge in [-0.15, -0.1) is 0 Å². The molecule has 1 aromatic heterocycles. The molecule has 0 bridgehead atoms. The van der Waals surface area contributed by atoms with Gasteiger partial charge in [-0.1, -0.05) is 17.7 Å². The average molecular weight is 412 g/mol. The average Bonchev–Trinajstić information content (AvgIpc) is 3.00. The van der Waals surface area contributed by atoms with Crippen molar-refractivity contribution >= 4 is 23.7 Å². The van der Waals surface area contributed by atoms with E-state index in [1.165, 1.54) is 7.11 Å². The fraction of sp³-hybridized carbons (Fsp3) is 0.182. The van der Waals surface area contributed by atoms with E-state index in [-0.39, 0.29) is 5.91 Å². The van der Waals surface area contributed by atoms with Crippen LogP contribution in [0.5, 0.6) is 11.5 Å². The van der Waals surface area contributed by atoms with Crippen molar-refractivity contribution in [3.8, 4) is 17.2 Å². The minimum absolute atomic E-state index is 0.342. The van der Waals surface area contributed by atoms with Crippen LogP contribution in [-0.2, 0) is 0 Å². The standard InChI is InChI=1S/C22H22ClN3O3/c1-14-10-17(15(2)26(14)19-7-5-6-18(23)12-19)13-24-25-22(27)16-8-9-20(28-3)21(11-16)29-4/h5-13H,1-4H3,(H,25,27)/b24-13+. The zero-order chi connectivity index (χ0) is 21.0. The summed E-state index contributed by atoms with van der Waals surface area (Å²) >= 11 is 6.12. The number of amides is 1. The molecule has 0 aliphatic rings. The van der Waals surface area contributed by atoms with Crippen LogP contribution in [-0.4, -0.2) is 30.9 Å². The van der Waals surface area contributed by atoms with Crippen molar-refractivity contribution in [2.24, 2.45) is 5.10 Å². The number of nitrogens with one attached hydrogen (secondary N) is 1. The fourth-order valence-corrected chi connectivity index (χ4v) is 3.32. The van der Waals surface area contributed by atoms with Gasteiger partial charge in [-0.05, 0) is 56.3 Å². The first-order chi connectivity index (χ1) is 13.9. The van der Waals surface area contributed by atoms with E-state index < -0.39 is 0 Å². The lowest BCUT2D eigenvalue weighted by molar-refractivity contribution is 0.0954. The quantitative estimate of drug-likeness (QED) is 0.478. The lowest BCUT2D eigenvalue weighted by atomic mass is 10.2. The normalized spacial score (nSPS) is 10.9. The van der Waals surface area contributed by atoms with Crippen molar-refractivity contribution in [3.63, 3.8) is 0 Å². The summed E-state index contributed by atoms with van der Waals surface area (Å²) < 4.78 is 12.5. The van der Waals surface area contributed by atoms with E-state index in [1.54, 1.807) is 31.5 Å². The Labute approximate surface area is 174 Å². The van der Waals surface area contributed by atoms with E-state index in [2.05, 4.69) is 15.1 Å². The van der Waals surface area contributed by atoms with E-state index in [9.17, 15) is 4.79 Å². The molecule has 0 unspecified atom stereocenters. The number of methoxy groups -OCH3 is 2. The minimum Gasteiger partial charge on any atom is -0.493 e. The van der Waals surface area contributed by atoms with Crippen molar-refractivity contribution < 1.29 is 14.3 Å². The molecule has 3 rings (SSSR count). The predicted molar refractivity (Wildman–Crippen MR) is 115 cm³/mol. The molecule has 3 aromatic rings. The molecule has 6 nitrogen and oxygen atoms in total. The van der Waals surface area contributed by atoms with Crippen LogP contribution in [0, 0.1) is 13.8 Å². The number of rotatable bonds is 6. The van der Waals surface area contributed by atoms with E-state index in [1.807, 2.05) is 44.2 Å². The second kappa shape index (κ2) is 8.84. The highest BCUT2D eigenvalue weighted by Gasteiger charge is 2.12. The molecule has 0 aliphatic carbocycles. The number of carbonyl (C=O) groups is 1. The van der Waals surface area contributed by atoms with Gasteiger partial charge in [-0.3, -0.25) is 4.79 Å². The topological polar surface area (TPSA) is 64.8 Å². The monoisotopic (exact) mass is 411 g/mol. The van der Waals surface area contributed by atoms with Crippen molar-refractivity contribution in [3.05, 3.63) is 76.1 Å². The number of aryl methyl sites for hydroxylation is 1. The summed E-state index contributed by atoms with van der Waals surface area (Å²) in [5.74, 6) is 0.695. The number of hydrogen-bond donors (Lipinski definition) is 1. The van der Waals surface area contributed by atoms with Gasteiger partial charge in [0.2, 0.25) is 0 Å². The van der Waals surface area contributed by atoms with Crippen LogP contribution < -0.4 is 14.9 Å². The summed E-state index contributed by atoms with van der Waals surface area (Å²) in [4.78, 5) is 12.4. The van der Waals surface area contributed by atoms with Crippen LogP contribution >= 0.6 is 11.6 Å². The SMILES string of the molecule is COc1ccc(C(=O)N/N=C/c2cc(C)n(-c3cccc(Cl)c3)c2C)cc1OC. The van der Waals surface area contributed by atoms with Crippen LogP contribution in [0.25, 0.3) is 5.69 Å². The Morgan fingerprint density at radius 3 is 2.52 bits per heavy atom. The Kier molecular flexibility index (Phi) is 6.24. The zero-order valence-electron chi connectivity index (χ0n) is 16.7. The van der Waals surface area contributed by atoms with Gasteiger partial charge in [0.25, 0.3) is 5.91 Å². The van der Waals surface area contributed by atoms with Gasteiger partial charge in [-0.25, -0.2) is 5.43 Å². The maximum atomic E-state index is 12.4. The van der Waals surface area contributed by atoms with Crippen molar-refractivity contribution in [1.29, 1.82) is 0 Å². The number of aromatic nitrogens is 1. The molecule has 1 N–H and O–H groups in total. The molecule has 0 radical (unpaired) electrons. The Morgan fingerprint density at radius 1 is 1.07 bits per heavy atom. The lowest BCUT2D eigenvalue weighted by Gasteiger charge is -2.10. The molecule has 150 valence electrons. The third kappa shape index (κ3) is 4.43. The van der Waals surface area contributed by atoms with E-state index in [0.717, 1.165) is 22.6 Å². The number of benzene rings is 2. The third-order valence-corrected chi connectivity index (χ3v) is 4.79. The minimum atomic E-state index is -0.342. The van der Waals surface area contributed by atoms with E-state index in [4.69, 9.17) is 21.1 Å². The first-order valence-electron chi connectivity index (χ1n) is 8.95. The van der Waals surface area contributed by atoms with E-state index in [0.29, 0.717) is 22.1 Å².